The molecule has 0 aliphatic rings. The summed E-state index contributed by atoms with van der Waals surface area (Å²) in [4.78, 5) is 41.4. The maximum atomic E-state index is 10.7. The molecule has 0 spiro atoms. The molecule has 12 nitrogen and oxygen atoms in total. The highest BCUT2D eigenvalue weighted by atomic mass is 16.8. The Kier molecular flexibility index (Phi) is 32.6. The van der Waals surface area contributed by atoms with Crippen LogP contribution >= 0.6 is 0 Å². The number of carbonyl (C=O) groups excluding carboxylic acids is 3. The van der Waals surface area contributed by atoms with E-state index in [0.717, 1.165) is 32.6 Å². The van der Waals surface area contributed by atoms with Crippen molar-refractivity contribution in [2.75, 3.05) is 6.61 Å². The minimum Gasteiger partial charge on any atom is -0.449 e. The third kappa shape index (κ3) is 33.7. The van der Waals surface area contributed by atoms with Gasteiger partial charge >= 0.3 is 24.4 Å². The van der Waals surface area contributed by atoms with Crippen LogP contribution in [0.3, 0.4) is 0 Å². The van der Waals surface area contributed by atoms with Crippen molar-refractivity contribution >= 4 is 24.4 Å². The predicted octanol–water partition coefficient (Wildman–Crippen LogP) is 4.80. The summed E-state index contributed by atoms with van der Waals surface area (Å²) < 4.78 is 17.3. The normalized spacial score (nSPS) is 10.5. The third-order valence-corrected chi connectivity index (χ3v) is 4.37. The van der Waals surface area contributed by atoms with Gasteiger partial charge in [0.1, 0.15) is 12.2 Å². The van der Waals surface area contributed by atoms with Crippen molar-refractivity contribution in [3.05, 3.63) is 0 Å². The number of esters is 1. The number of carboxylic acid groups (broad SMARTS) is 1. The molecule has 0 radical (unpaired) electrons. The standard InChI is InChI=1S/C8H14O4.C7H12O5.C5H12O.C4H10O2/c1-4-7(5-2)12-8(10)11-6(3)9;1-3-5(4-2)11-7(10)12-6(8)9;1-3-5(6)4-2;1-2-4(6)3-5/h7H,4-5H2,1-3H3;5H,3-4H2,1-2H3,(H,8,9);5-6H,3-4H2,1-2H3;4-6H,2-3H2,1H3. The van der Waals surface area contributed by atoms with Gasteiger partial charge in [-0.05, 0) is 44.9 Å². The van der Waals surface area contributed by atoms with Crippen molar-refractivity contribution in [3.63, 3.8) is 0 Å². The molecule has 1 unspecified atom stereocenters. The van der Waals surface area contributed by atoms with Gasteiger partial charge in [0.15, 0.2) is 0 Å². The molecule has 0 aliphatic carbocycles. The van der Waals surface area contributed by atoms with E-state index in [0.29, 0.717) is 19.3 Å². The van der Waals surface area contributed by atoms with Gasteiger partial charge in [0.05, 0.1) is 18.8 Å². The molecule has 0 aromatic rings. The third-order valence-electron chi connectivity index (χ3n) is 4.37. The molecule has 1 atom stereocenters. The molecule has 0 aromatic carbocycles. The van der Waals surface area contributed by atoms with Gasteiger partial charge in [0, 0.05) is 6.92 Å². The van der Waals surface area contributed by atoms with E-state index in [9.17, 15) is 19.2 Å². The topological polar surface area (TPSA) is 186 Å². The van der Waals surface area contributed by atoms with Crippen LogP contribution in [0.25, 0.3) is 0 Å². The second-order valence-corrected chi connectivity index (χ2v) is 7.29. The smallest absolute Gasteiger partial charge is 0.449 e. The van der Waals surface area contributed by atoms with Crippen molar-refractivity contribution in [1.82, 2.24) is 0 Å². The lowest BCUT2D eigenvalue weighted by molar-refractivity contribution is -0.138. The molecule has 12 heteroatoms. The van der Waals surface area contributed by atoms with Crippen LogP contribution in [0.4, 0.5) is 14.4 Å². The Morgan fingerprint density at radius 3 is 1.11 bits per heavy atom. The highest BCUT2D eigenvalue weighted by molar-refractivity contribution is 5.80. The predicted molar refractivity (Wildman–Crippen MR) is 133 cm³/mol. The van der Waals surface area contributed by atoms with E-state index in [-0.39, 0.29) is 24.9 Å². The van der Waals surface area contributed by atoms with Crippen molar-refractivity contribution in [1.29, 1.82) is 0 Å². The van der Waals surface area contributed by atoms with Gasteiger partial charge in [-0.25, -0.2) is 14.4 Å². The van der Waals surface area contributed by atoms with Gasteiger partial charge in [-0.2, -0.15) is 0 Å². The van der Waals surface area contributed by atoms with Crippen LogP contribution in [-0.4, -0.2) is 75.9 Å². The summed E-state index contributed by atoms with van der Waals surface area (Å²) in [7, 11) is 0. The van der Waals surface area contributed by atoms with E-state index < -0.39 is 30.5 Å². The van der Waals surface area contributed by atoms with Gasteiger partial charge in [-0.15, -0.1) is 0 Å². The van der Waals surface area contributed by atoms with Crippen LogP contribution in [0.2, 0.25) is 0 Å². The molecule has 0 saturated carbocycles. The van der Waals surface area contributed by atoms with Crippen LogP contribution in [0.1, 0.15) is 100 Å². The number of hydrogen-bond donors (Lipinski definition) is 4. The Hall–Kier alpha value is -2.44. The molecule has 0 heterocycles. The zero-order chi connectivity index (χ0) is 29.1. The van der Waals surface area contributed by atoms with Gasteiger partial charge < -0.3 is 39.4 Å². The first kappa shape index (κ1) is 40.7. The number of aliphatic hydroxyl groups excluding tert-OH is 3. The Labute approximate surface area is 214 Å². The number of rotatable bonds is 10. The monoisotopic (exact) mass is 528 g/mol. The summed E-state index contributed by atoms with van der Waals surface area (Å²) in [6.07, 6.45) is 0.439. The summed E-state index contributed by atoms with van der Waals surface area (Å²) in [6, 6.07) is 0. The highest BCUT2D eigenvalue weighted by Gasteiger charge is 2.14. The lowest BCUT2D eigenvalue weighted by Gasteiger charge is -2.11. The summed E-state index contributed by atoms with van der Waals surface area (Å²) in [5, 5.41) is 33.2. The molecule has 0 amide bonds. The Morgan fingerprint density at radius 1 is 0.611 bits per heavy atom. The number of carbonyl (C=O) groups is 4. The molecule has 0 aliphatic heterocycles. The second-order valence-electron chi connectivity index (χ2n) is 7.29. The Bertz CT molecular complexity index is 489. The summed E-state index contributed by atoms with van der Waals surface area (Å²) in [5.41, 5.74) is 0. The van der Waals surface area contributed by atoms with E-state index in [1.54, 1.807) is 0 Å². The quantitative estimate of drug-likeness (QED) is 0.224. The summed E-state index contributed by atoms with van der Waals surface area (Å²) in [6.45, 7) is 14.3. The first-order valence-corrected chi connectivity index (χ1v) is 12.3. The van der Waals surface area contributed by atoms with E-state index in [2.05, 4.69) is 14.2 Å². The summed E-state index contributed by atoms with van der Waals surface area (Å²) in [5.74, 6) is -0.647. The first-order chi connectivity index (χ1) is 16.8. The van der Waals surface area contributed by atoms with Gasteiger partial charge in [0.2, 0.25) is 0 Å². The van der Waals surface area contributed by atoms with Crippen molar-refractivity contribution < 1.29 is 58.6 Å². The maximum Gasteiger partial charge on any atom is 0.518 e. The molecular weight excluding hydrogens is 480 g/mol. The minimum atomic E-state index is -1.65. The Morgan fingerprint density at radius 2 is 0.944 bits per heavy atom. The van der Waals surface area contributed by atoms with Gasteiger partial charge in [0.25, 0.3) is 0 Å². The van der Waals surface area contributed by atoms with Crippen LogP contribution < -0.4 is 0 Å². The summed E-state index contributed by atoms with van der Waals surface area (Å²) >= 11 is 0. The van der Waals surface area contributed by atoms with Crippen LogP contribution in [-0.2, 0) is 23.7 Å². The number of aliphatic hydroxyl groups is 3. The van der Waals surface area contributed by atoms with Crippen LogP contribution in [0, 0.1) is 0 Å². The van der Waals surface area contributed by atoms with E-state index in [1.165, 1.54) is 0 Å². The zero-order valence-corrected chi connectivity index (χ0v) is 23.0. The zero-order valence-electron chi connectivity index (χ0n) is 23.0. The van der Waals surface area contributed by atoms with E-state index in [4.69, 9.17) is 25.2 Å². The van der Waals surface area contributed by atoms with Gasteiger partial charge in [-0.3, -0.25) is 4.79 Å². The SMILES string of the molecule is CCC(CC)OC(=O)OC(=O)O.CCC(CC)OC(=O)OC(C)=O.CCC(O)CC.CCC(O)CO. The minimum absolute atomic E-state index is 0.0648. The fraction of sp³-hybridized carbons (Fsp3) is 0.833. The van der Waals surface area contributed by atoms with Crippen LogP contribution in [0.5, 0.6) is 0 Å². The average molecular weight is 529 g/mol. The Balaban J connectivity index is -0.000000200. The van der Waals surface area contributed by atoms with Gasteiger partial charge in [-0.1, -0.05) is 48.5 Å². The molecule has 216 valence electrons. The van der Waals surface area contributed by atoms with E-state index in [1.807, 2.05) is 48.5 Å². The fourth-order valence-electron chi connectivity index (χ4n) is 1.84. The highest BCUT2D eigenvalue weighted by Crippen LogP contribution is 2.04. The molecule has 0 saturated heterocycles. The van der Waals surface area contributed by atoms with E-state index >= 15 is 0 Å². The molecular formula is C24H48O12. The number of hydrogen-bond acceptors (Lipinski definition) is 11. The van der Waals surface area contributed by atoms with Crippen molar-refractivity contribution in [2.24, 2.45) is 0 Å². The number of ether oxygens (including phenoxy) is 4. The molecule has 4 N–H and O–H groups in total. The van der Waals surface area contributed by atoms with Crippen LogP contribution in [0.15, 0.2) is 0 Å². The average Bonchev–Trinajstić information content (AvgIpc) is 2.84. The van der Waals surface area contributed by atoms with Crippen molar-refractivity contribution in [2.45, 2.75) is 125 Å². The second kappa shape index (κ2) is 28.8. The van der Waals surface area contributed by atoms with Crippen molar-refractivity contribution in [3.8, 4) is 0 Å². The maximum absolute atomic E-state index is 10.7. The lowest BCUT2D eigenvalue weighted by atomic mass is 10.2. The molecule has 0 bridgehead atoms. The fourth-order valence-corrected chi connectivity index (χ4v) is 1.84. The molecule has 0 fully saturated rings. The molecule has 0 rings (SSSR count). The largest absolute Gasteiger partial charge is 0.518 e. The molecule has 0 aromatic heterocycles. The first-order valence-electron chi connectivity index (χ1n) is 12.3. The lowest BCUT2D eigenvalue weighted by Crippen LogP contribution is -2.19. The molecule has 36 heavy (non-hydrogen) atoms.